The first-order valence-corrected chi connectivity index (χ1v) is 7.69. The Hall–Kier alpha value is -2.42. The largest absolute Gasteiger partial charge is 0.304 e. The molecule has 0 spiro atoms. The Morgan fingerprint density at radius 3 is 2.59 bits per heavy atom. The van der Waals surface area contributed by atoms with E-state index in [4.69, 9.17) is 0 Å². The Balaban J connectivity index is 1.95. The number of hydrogen-bond donors (Lipinski definition) is 0. The minimum absolute atomic E-state index is 0.00273. The topological polar surface area (TPSA) is 37.4 Å². The number of carbonyl (C=O) groups is 2. The number of rotatable bonds is 1. The molecule has 1 heterocycles. The van der Waals surface area contributed by atoms with Crippen LogP contribution in [0.4, 0.5) is 5.69 Å². The van der Waals surface area contributed by atoms with Crippen molar-refractivity contribution in [2.75, 3.05) is 4.90 Å². The molecule has 2 aromatic carbocycles. The van der Waals surface area contributed by atoms with Crippen LogP contribution in [0, 0.1) is 0 Å². The molecule has 3 heteroatoms. The summed E-state index contributed by atoms with van der Waals surface area (Å²) < 4.78 is 0. The maximum absolute atomic E-state index is 12.3. The second-order valence-electron chi connectivity index (χ2n) is 6.05. The third-order valence-electron chi connectivity index (χ3n) is 4.84. The fraction of sp³-hybridized carbons (Fsp3) is 0.263. The predicted octanol–water partition coefficient (Wildman–Crippen LogP) is 3.85. The quantitative estimate of drug-likeness (QED) is 0.800. The van der Waals surface area contributed by atoms with E-state index >= 15 is 0 Å². The van der Waals surface area contributed by atoms with Crippen molar-refractivity contribution in [3.63, 3.8) is 0 Å². The van der Waals surface area contributed by atoms with Gasteiger partial charge in [0.05, 0.1) is 6.04 Å². The van der Waals surface area contributed by atoms with Crippen LogP contribution in [0.3, 0.4) is 0 Å². The summed E-state index contributed by atoms with van der Waals surface area (Å²) >= 11 is 0. The molecule has 22 heavy (non-hydrogen) atoms. The normalized spacial score (nSPS) is 22.6. The standard InChI is InChI=1S/C19H17NO2/c1-12(21)20-16-9-5-8-14-17(22)11-10-15(18(14)16)19(20)13-6-3-2-4-7-13/h2-9,15,19H,10-11H2,1H3. The van der Waals surface area contributed by atoms with E-state index < -0.39 is 0 Å². The molecule has 0 saturated carbocycles. The fourth-order valence-corrected chi connectivity index (χ4v) is 4.00. The van der Waals surface area contributed by atoms with E-state index in [1.54, 1.807) is 6.92 Å². The molecule has 0 N–H and O–H groups in total. The molecule has 1 aliphatic carbocycles. The summed E-state index contributed by atoms with van der Waals surface area (Å²) in [6.45, 7) is 1.61. The molecule has 2 aliphatic rings. The second kappa shape index (κ2) is 4.80. The minimum Gasteiger partial charge on any atom is -0.304 e. The molecule has 110 valence electrons. The average molecular weight is 291 g/mol. The monoisotopic (exact) mass is 291 g/mol. The zero-order chi connectivity index (χ0) is 15.3. The third kappa shape index (κ3) is 1.75. The van der Waals surface area contributed by atoms with E-state index in [2.05, 4.69) is 12.1 Å². The first-order valence-electron chi connectivity index (χ1n) is 7.69. The predicted molar refractivity (Wildman–Crippen MR) is 85.1 cm³/mol. The van der Waals surface area contributed by atoms with Crippen molar-refractivity contribution < 1.29 is 9.59 Å². The molecular formula is C19H17NO2. The van der Waals surface area contributed by atoms with Gasteiger partial charge in [0, 0.05) is 30.5 Å². The summed E-state index contributed by atoms with van der Waals surface area (Å²) in [6, 6.07) is 15.9. The van der Waals surface area contributed by atoms with Crippen LogP contribution in [-0.4, -0.2) is 11.7 Å². The summed E-state index contributed by atoms with van der Waals surface area (Å²) in [5.74, 6) is 0.449. The number of amides is 1. The Morgan fingerprint density at radius 1 is 1.09 bits per heavy atom. The Kier molecular flexibility index (Phi) is 2.89. The van der Waals surface area contributed by atoms with Crippen molar-refractivity contribution in [3.05, 3.63) is 65.2 Å². The lowest BCUT2D eigenvalue weighted by Gasteiger charge is -2.29. The first kappa shape index (κ1) is 13.3. The van der Waals surface area contributed by atoms with Gasteiger partial charge in [-0.25, -0.2) is 0 Å². The highest BCUT2D eigenvalue weighted by Crippen LogP contribution is 2.54. The lowest BCUT2D eigenvalue weighted by Crippen LogP contribution is -2.31. The van der Waals surface area contributed by atoms with Gasteiger partial charge in [0.2, 0.25) is 5.91 Å². The molecule has 2 atom stereocenters. The van der Waals surface area contributed by atoms with Gasteiger partial charge in [-0.05, 0) is 23.6 Å². The smallest absolute Gasteiger partial charge is 0.224 e. The lowest BCUT2D eigenvalue weighted by atomic mass is 9.78. The van der Waals surface area contributed by atoms with Crippen LogP contribution in [0.2, 0.25) is 0 Å². The van der Waals surface area contributed by atoms with Gasteiger partial charge in [-0.3, -0.25) is 9.59 Å². The molecule has 0 radical (unpaired) electrons. The van der Waals surface area contributed by atoms with Gasteiger partial charge < -0.3 is 4.90 Å². The molecule has 0 aromatic heterocycles. The van der Waals surface area contributed by atoms with Crippen LogP contribution in [0.15, 0.2) is 48.5 Å². The summed E-state index contributed by atoms with van der Waals surface area (Å²) in [7, 11) is 0. The Bertz CT molecular complexity index is 766. The van der Waals surface area contributed by atoms with E-state index in [-0.39, 0.29) is 23.7 Å². The Labute approximate surface area is 129 Å². The van der Waals surface area contributed by atoms with Crippen LogP contribution >= 0.6 is 0 Å². The van der Waals surface area contributed by atoms with Crippen molar-refractivity contribution >= 4 is 17.4 Å². The van der Waals surface area contributed by atoms with Crippen molar-refractivity contribution in [1.29, 1.82) is 0 Å². The van der Waals surface area contributed by atoms with E-state index in [1.165, 1.54) is 0 Å². The van der Waals surface area contributed by atoms with Gasteiger partial charge in [-0.1, -0.05) is 42.5 Å². The molecule has 0 saturated heterocycles. The van der Waals surface area contributed by atoms with Crippen LogP contribution in [0.5, 0.6) is 0 Å². The highest BCUT2D eigenvalue weighted by molar-refractivity contribution is 6.04. The Morgan fingerprint density at radius 2 is 1.86 bits per heavy atom. The van der Waals surface area contributed by atoms with Crippen LogP contribution in [-0.2, 0) is 4.79 Å². The molecule has 3 nitrogen and oxygen atoms in total. The fourth-order valence-electron chi connectivity index (χ4n) is 4.00. The van der Waals surface area contributed by atoms with Crippen molar-refractivity contribution in [1.82, 2.24) is 0 Å². The minimum atomic E-state index is 0.00273. The van der Waals surface area contributed by atoms with E-state index in [1.807, 2.05) is 41.3 Å². The third-order valence-corrected chi connectivity index (χ3v) is 4.84. The van der Waals surface area contributed by atoms with Crippen LogP contribution in [0.1, 0.15) is 53.2 Å². The zero-order valence-corrected chi connectivity index (χ0v) is 12.5. The molecule has 1 amide bonds. The highest BCUT2D eigenvalue weighted by atomic mass is 16.2. The van der Waals surface area contributed by atoms with Crippen LogP contribution < -0.4 is 4.90 Å². The van der Waals surface area contributed by atoms with Gasteiger partial charge in [-0.15, -0.1) is 0 Å². The summed E-state index contributed by atoms with van der Waals surface area (Å²) in [5, 5.41) is 0. The van der Waals surface area contributed by atoms with E-state index in [0.717, 1.165) is 28.8 Å². The molecule has 4 rings (SSSR count). The summed E-state index contributed by atoms with van der Waals surface area (Å²) in [6.07, 6.45) is 1.38. The van der Waals surface area contributed by atoms with Gasteiger partial charge in [0.15, 0.2) is 5.78 Å². The second-order valence-corrected chi connectivity index (χ2v) is 6.05. The van der Waals surface area contributed by atoms with Gasteiger partial charge >= 0.3 is 0 Å². The van der Waals surface area contributed by atoms with Gasteiger partial charge in [0.25, 0.3) is 0 Å². The molecular weight excluding hydrogens is 274 g/mol. The van der Waals surface area contributed by atoms with Crippen molar-refractivity contribution in [2.45, 2.75) is 31.7 Å². The summed E-state index contributed by atoms with van der Waals surface area (Å²) in [4.78, 5) is 26.4. The maximum Gasteiger partial charge on any atom is 0.224 e. The molecule has 0 fully saturated rings. The molecule has 2 aromatic rings. The van der Waals surface area contributed by atoms with E-state index in [0.29, 0.717) is 6.42 Å². The van der Waals surface area contributed by atoms with E-state index in [9.17, 15) is 9.59 Å². The molecule has 0 bridgehead atoms. The highest BCUT2D eigenvalue weighted by Gasteiger charge is 2.45. The maximum atomic E-state index is 12.3. The number of anilines is 1. The number of nitrogens with zero attached hydrogens (tertiary/aromatic N) is 1. The van der Waals surface area contributed by atoms with Crippen molar-refractivity contribution in [2.24, 2.45) is 0 Å². The lowest BCUT2D eigenvalue weighted by molar-refractivity contribution is -0.117. The number of Topliss-reactive ketones (excluding diaryl/α,β-unsaturated/α-hetero) is 1. The van der Waals surface area contributed by atoms with Gasteiger partial charge in [0.1, 0.15) is 0 Å². The van der Waals surface area contributed by atoms with Crippen molar-refractivity contribution in [3.8, 4) is 0 Å². The number of hydrogen-bond acceptors (Lipinski definition) is 2. The SMILES string of the molecule is CC(=O)N1c2cccc3c2C(CCC3=O)C1c1ccccc1. The number of ketones is 1. The number of benzene rings is 2. The van der Waals surface area contributed by atoms with Gasteiger partial charge in [-0.2, -0.15) is 0 Å². The molecule has 1 aliphatic heterocycles. The first-order chi connectivity index (χ1) is 10.7. The summed E-state index contributed by atoms with van der Waals surface area (Å²) in [5.41, 5.74) is 3.93. The molecule has 2 unspecified atom stereocenters. The average Bonchev–Trinajstić information content (AvgIpc) is 2.88. The number of carbonyl (C=O) groups excluding carboxylic acids is 2. The van der Waals surface area contributed by atoms with Crippen LogP contribution in [0.25, 0.3) is 0 Å². The zero-order valence-electron chi connectivity index (χ0n) is 12.5.